The van der Waals surface area contributed by atoms with Gasteiger partial charge < -0.3 is 10.6 Å². The molecule has 4 nitrogen and oxygen atoms in total. The number of halogens is 1. The minimum Gasteiger partial charge on any atom is -0.383 e. The summed E-state index contributed by atoms with van der Waals surface area (Å²) in [5, 5.41) is 6.76. The van der Waals surface area contributed by atoms with Crippen molar-refractivity contribution in [1.82, 2.24) is 10.3 Å². The molecule has 0 atom stereocenters. The molecule has 2 rings (SSSR count). The highest BCUT2D eigenvalue weighted by Crippen LogP contribution is 2.14. The quantitative estimate of drug-likeness (QED) is 0.859. The Morgan fingerprint density at radius 3 is 2.95 bits per heavy atom. The lowest BCUT2D eigenvalue weighted by atomic mass is 10.2. The van der Waals surface area contributed by atoms with Crippen LogP contribution in [-0.2, 0) is 6.54 Å². The van der Waals surface area contributed by atoms with E-state index in [0.29, 0.717) is 17.1 Å². The number of carbonyl (C=O) groups excluding carboxylic acids is 1. The van der Waals surface area contributed by atoms with Gasteiger partial charge in [-0.3, -0.25) is 9.78 Å². The van der Waals surface area contributed by atoms with Gasteiger partial charge in [0.05, 0.1) is 17.4 Å². The van der Waals surface area contributed by atoms with Crippen molar-refractivity contribution in [1.29, 1.82) is 0 Å². The van der Waals surface area contributed by atoms with Gasteiger partial charge >= 0.3 is 0 Å². The number of anilines is 1. The molecule has 2 N–H and O–H groups in total. The van der Waals surface area contributed by atoms with E-state index in [4.69, 9.17) is 11.6 Å². The second-order valence-electron chi connectivity index (χ2n) is 4.66. The Kier molecular flexibility index (Phi) is 5.58. The maximum absolute atomic E-state index is 12.3. The minimum absolute atomic E-state index is 0.129. The van der Waals surface area contributed by atoms with Crippen LogP contribution in [0.25, 0.3) is 0 Å². The molecule has 0 radical (unpaired) electrons. The second kappa shape index (κ2) is 7.64. The molecular weight excluding hydrogens is 286 g/mol. The van der Waals surface area contributed by atoms with E-state index in [0.717, 1.165) is 24.2 Å². The molecule has 0 spiro atoms. The highest BCUT2D eigenvalue weighted by Gasteiger charge is 2.10. The third-order valence-corrected chi connectivity index (χ3v) is 3.21. The molecule has 0 aliphatic rings. The first kappa shape index (κ1) is 15.3. The molecule has 0 fully saturated rings. The topological polar surface area (TPSA) is 54.0 Å². The first-order chi connectivity index (χ1) is 10.2. The van der Waals surface area contributed by atoms with Gasteiger partial charge in [-0.25, -0.2) is 0 Å². The van der Waals surface area contributed by atoms with Gasteiger partial charge in [-0.2, -0.15) is 0 Å². The molecular formula is C16H18ClN3O. The predicted octanol–water partition coefficient (Wildman–Crippen LogP) is 3.49. The van der Waals surface area contributed by atoms with Gasteiger partial charge in [0.1, 0.15) is 0 Å². The summed E-state index contributed by atoms with van der Waals surface area (Å²) in [6.07, 6.45) is 4.27. The Morgan fingerprint density at radius 2 is 2.19 bits per heavy atom. The van der Waals surface area contributed by atoms with Gasteiger partial charge in [-0.1, -0.05) is 30.7 Å². The molecule has 0 aliphatic carbocycles. The molecule has 1 amide bonds. The smallest absolute Gasteiger partial charge is 0.253 e. The number of amides is 1. The van der Waals surface area contributed by atoms with E-state index in [1.807, 2.05) is 24.3 Å². The van der Waals surface area contributed by atoms with Gasteiger partial charge in [-0.15, -0.1) is 0 Å². The fourth-order valence-corrected chi connectivity index (χ4v) is 2.13. The molecule has 0 saturated heterocycles. The molecule has 0 bridgehead atoms. The number of hydrogen-bond donors (Lipinski definition) is 2. The number of nitrogens with one attached hydrogen (secondary N) is 2. The maximum Gasteiger partial charge on any atom is 0.253 e. The number of aromatic nitrogens is 1. The molecule has 0 saturated carbocycles. The summed E-state index contributed by atoms with van der Waals surface area (Å²) in [5.41, 5.74) is 2.32. The van der Waals surface area contributed by atoms with Crippen molar-refractivity contribution in [2.24, 2.45) is 0 Å². The van der Waals surface area contributed by atoms with Crippen LogP contribution in [0.3, 0.4) is 0 Å². The van der Waals surface area contributed by atoms with Crippen LogP contribution in [0.2, 0.25) is 5.02 Å². The lowest BCUT2D eigenvalue weighted by Gasteiger charge is -2.11. The van der Waals surface area contributed by atoms with Crippen molar-refractivity contribution in [2.75, 3.05) is 11.9 Å². The number of benzene rings is 1. The van der Waals surface area contributed by atoms with E-state index >= 15 is 0 Å². The van der Waals surface area contributed by atoms with Gasteiger partial charge in [0.2, 0.25) is 0 Å². The highest BCUT2D eigenvalue weighted by molar-refractivity contribution is 6.30. The lowest BCUT2D eigenvalue weighted by molar-refractivity contribution is 0.0951. The second-order valence-corrected chi connectivity index (χ2v) is 5.10. The SMILES string of the molecule is CCCNc1cnccc1C(=O)NCc1cccc(Cl)c1. The van der Waals surface area contributed by atoms with Crippen LogP contribution in [-0.4, -0.2) is 17.4 Å². The Bertz CT molecular complexity index is 616. The van der Waals surface area contributed by atoms with Crippen LogP contribution in [0, 0.1) is 0 Å². The summed E-state index contributed by atoms with van der Waals surface area (Å²) < 4.78 is 0. The van der Waals surface area contributed by atoms with Crippen molar-refractivity contribution < 1.29 is 4.79 Å². The lowest BCUT2D eigenvalue weighted by Crippen LogP contribution is -2.24. The van der Waals surface area contributed by atoms with Crippen molar-refractivity contribution in [3.8, 4) is 0 Å². The minimum atomic E-state index is -0.129. The number of pyridine rings is 1. The van der Waals surface area contributed by atoms with Crippen LogP contribution in [0.15, 0.2) is 42.7 Å². The Hall–Kier alpha value is -2.07. The molecule has 1 heterocycles. The molecule has 5 heteroatoms. The molecule has 1 aromatic carbocycles. The predicted molar refractivity (Wildman–Crippen MR) is 85.6 cm³/mol. The van der Waals surface area contributed by atoms with Crippen LogP contribution in [0.4, 0.5) is 5.69 Å². The normalized spacial score (nSPS) is 10.2. The third kappa shape index (κ3) is 4.46. The number of nitrogens with zero attached hydrogens (tertiary/aromatic N) is 1. The van der Waals surface area contributed by atoms with Crippen molar-refractivity contribution in [3.63, 3.8) is 0 Å². The van der Waals surface area contributed by atoms with Gasteiger partial charge in [0, 0.05) is 24.3 Å². The summed E-state index contributed by atoms with van der Waals surface area (Å²) >= 11 is 5.93. The summed E-state index contributed by atoms with van der Waals surface area (Å²) in [7, 11) is 0. The maximum atomic E-state index is 12.3. The fraction of sp³-hybridized carbons (Fsp3) is 0.250. The largest absolute Gasteiger partial charge is 0.383 e. The van der Waals surface area contributed by atoms with Crippen LogP contribution in [0.5, 0.6) is 0 Å². The van der Waals surface area contributed by atoms with Gasteiger partial charge in [0.25, 0.3) is 5.91 Å². The molecule has 0 unspecified atom stereocenters. The van der Waals surface area contributed by atoms with Crippen LogP contribution in [0.1, 0.15) is 29.3 Å². The van der Waals surface area contributed by atoms with Crippen LogP contribution >= 0.6 is 11.6 Å². The zero-order chi connectivity index (χ0) is 15.1. The Morgan fingerprint density at radius 1 is 1.33 bits per heavy atom. The van der Waals surface area contributed by atoms with Crippen molar-refractivity contribution in [3.05, 3.63) is 58.9 Å². The molecule has 2 aromatic rings. The van der Waals surface area contributed by atoms with E-state index in [-0.39, 0.29) is 5.91 Å². The van der Waals surface area contributed by atoms with Gasteiger partial charge in [0.15, 0.2) is 0 Å². The first-order valence-corrected chi connectivity index (χ1v) is 7.29. The molecule has 110 valence electrons. The van der Waals surface area contributed by atoms with Crippen LogP contribution < -0.4 is 10.6 Å². The van der Waals surface area contributed by atoms with E-state index in [2.05, 4.69) is 22.5 Å². The average molecular weight is 304 g/mol. The third-order valence-electron chi connectivity index (χ3n) is 2.97. The zero-order valence-electron chi connectivity index (χ0n) is 11.9. The average Bonchev–Trinajstić information content (AvgIpc) is 2.51. The van der Waals surface area contributed by atoms with E-state index in [1.54, 1.807) is 18.5 Å². The van der Waals surface area contributed by atoms with E-state index in [1.165, 1.54) is 0 Å². The molecule has 0 aliphatic heterocycles. The monoisotopic (exact) mass is 303 g/mol. The van der Waals surface area contributed by atoms with E-state index in [9.17, 15) is 4.79 Å². The van der Waals surface area contributed by atoms with E-state index < -0.39 is 0 Å². The fourth-order valence-electron chi connectivity index (χ4n) is 1.92. The number of rotatable bonds is 6. The summed E-state index contributed by atoms with van der Waals surface area (Å²) in [4.78, 5) is 16.3. The van der Waals surface area contributed by atoms with Crippen molar-refractivity contribution in [2.45, 2.75) is 19.9 Å². The summed E-state index contributed by atoms with van der Waals surface area (Å²) in [6, 6.07) is 9.15. The summed E-state index contributed by atoms with van der Waals surface area (Å²) in [6.45, 7) is 3.32. The van der Waals surface area contributed by atoms with Gasteiger partial charge in [-0.05, 0) is 30.2 Å². The standard InChI is InChI=1S/C16H18ClN3O/c1-2-7-19-15-11-18-8-6-14(15)16(21)20-10-12-4-3-5-13(17)9-12/h3-6,8-9,11,19H,2,7,10H2,1H3,(H,20,21). The zero-order valence-corrected chi connectivity index (χ0v) is 12.7. The number of hydrogen-bond acceptors (Lipinski definition) is 3. The summed E-state index contributed by atoms with van der Waals surface area (Å²) in [5.74, 6) is -0.129. The first-order valence-electron chi connectivity index (χ1n) is 6.91. The highest BCUT2D eigenvalue weighted by atomic mass is 35.5. The Labute approximate surface area is 129 Å². The molecule has 1 aromatic heterocycles. The number of carbonyl (C=O) groups is 1. The Balaban J connectivity index is 2.03. The van der Waals surface area contributed by atoms with Crippen molar-refractivity contribution >= 4 is 23.2 Å². The molecule has 21 heavy (non-hydrogen) atoms.